The lowest BCUT2D eigenvalue weighted by atomic mass is 10.1. The van der Waals surface area contributed by atoms with Gasteiger partial charge in [-0.2, -0.15) is 0 Å². The maximum Gasteiger partial charge on any atom is 0.274 e. The molecule has 0 saturated carbocycles. The van der Waals surface area contributed by atoms with Gasteiger partial charge in [0.15, 0.2) is 5.69 Å². The van der Waals surface area contributed by atoms with E-state index in [4.69, 9.17) is 14.2 Å². The highest BCUT2D eigenvalue weighted by Crippen LogP contribution is 2.28. The van der Waals surface area contributed by atoms with E-state index in [9.17, 15) is 4.79 Å². The molecule has 0 radical (unpaired) electrons. The zero-order valence-corrected chi connectivity index (χ0v) is 16.3. The van der Waals surface area contributed by atoms with Crippen LogP contribution in [-0.4, -0.2) is 35.1 Å². The Morgan fingerprint density at radius 3 is 2.72 bits per heavy atom. The number of fused-ring (bicyclic) bond motifs is 1. The number of carbonyl (C=O) groups is 1. The fourth-order valence-corrected chi connectivity index (χ4v) is 3.32. The summed E-state index contributed by atoms with van der Waals surface area (Å²) in [5.74, 6) is 1.23. The van der Waals surface area contributed by atoms with Crippen LogP contribution in [0.3, 0.4) is 0 Å². The van der Waals surface area contributed by atoms with Crippen LogP contribution in [0.25, 0.3) is 0 Å². The predicted molar refractivity (Wildman–Crippen MR) is 105 cm³/mol. The first-order valence-electron chi connectivity index (χ1n) is 9.27. The van der Waals surface area contributed by atoms with E-state index in [1.54, 1.807) is 18.9 Å². The fourth-order valence-electron chi connectivity index (χ4n) is 3.32. The highest BCUT2D eigenvalue weighted by atomic mass is 16.5. The van der Waals surface area contributed by atoms with Crippen LogP contribution >= 0.6 is 0 Å². The molecule has 8 nitrogen and oxygen atoms in total. The molecule has 1 aliphatic rings. The number of aromatic nitrogens is 3. The zero-order chi connectivity index (χ0) is 20.2. The van der Waals surface area contributed by atoms with Gasteiger partial charge in [0, 0.05) is 12.1 Å². The van der Waals surface area contributed by atoms with E-state index in [1.165, 1.54) is 0 Å². The first-order chi connectivity index (χ1) is 14.2. The third-order valence-corrected chi connectivity index (χ3v) is 4.93. The van der Waals surface area contributed by atoms with E-state index in [1.807, 2.05) is 48.5 Å². The van der Waals surface area contributed by atoms with Gasteiger partial charge in [0.2, 0.25) is 0 Å². The van der Waals surface area contributed by atoms with Crippen LogP contribution < -0.4 is 14.8 Å². The minimum atomic E-state index is -0.288. The molecule has 1 aliphatic heterocycles. The lowest BCUT2D eigenvalue weighted by Gasteiger charge is -2.24. The van der Waals surface area contributed by atoms with Crippen molar-refractivity contribution in [1.82, 2.24) is 20.3 Å². The molecule has 29 heavy (non-hydrogen) atoms. The van der Waals surface area contributed by atoms with E-state index in [2.05, 4.69) is 15.6 Å². The normalized spacial score (nSPS) is 15.4. The Hall–Kier alpha value is -3.39. The molecule has 150 valence electrons. The lowest BCUT2D eigenvalue weighted by Crippen LogP contribution is -2.27. The summed E-state index contributed by atoms with van der Waals surface area (Å²) in [6.07, 6.45) is -0.153. The Balaban J connectivity index is 1.44. The van der Waals surface area contributed by atoms with Crippen molar-refractivity contribution in [3.05, 3.63) is 71.0 Å². The molecular weight excluding hydrogens is 372 g/mol. The summed E-state index contributed by atoms with van der Waals surface area (Å²) in [5, 5.41) is 11.1. The third-order valence-electron chi connectivity index (χ3n) is 4.93. The highest BCUT2D eigenvalue weighted by Gasteiger charge is 2.27. The van der Waals surface area contributed by atoms with Gasteiger partial charge in [-0.25, -0.2) is 4.68 Å². The van der Waals surface area contributed by atoms with Crippen LogP contribution in [0.4, 0.5) is 0 Å². The van der Waals surface area contributed by atoms with Gasteiger partial charge in [-0.15, -0.1) is 5.10 Å². The average molecular weight is 394 g/mol. The Morgan fingerprint density at radius 2 is 1.97 bits per heavy atom. The standard InChI is InChI=1S/C21H22N4O4/c1-27-16-9-7-14(8-10-16)19-12-25-17(13-29-19)20(23-24-25)21(26)22-11-15-5-3-4-6-18(15)28-2/h3-10,19H,11-13H2,1-2H3,(H,22,26). The second-order valence-electron chi connectivity index (χ2n) is 6.63. The minimum absolute atomic E-state index is 0.153. The summed E-state index contributed by atoms with van der Waals surface area (Å²) < 4.78 is 18.2. The van der Waals surface area contributed by atoms with Crippen molar-refractivity contribution in [3.63, 3.8) is 0 Å². The molecule has 1 atom stereocenters. The number of benzene rings is 2. The SMILES string of the molecule is COc1ccc(C2Cn3nnc(C(=O)NCc4ccccc4OC)c3CO2)cc1. The Bertz CT molecular complexity index is 1000. The molecular formula is C21H22N4O4. The number of hydrogen-bond acceptors (Lipinski definition) is 6. The summed E-state index contributed by atoms with van der Waals surface area (Å²) >= 11 is 0. The topological polar surface area (TPSA) is 87.5 Å². The molecule has 8 heteroatoms. The van der Waals surface area contributed by atoms with Gasteiger partial charge in [0.1, 0.15) is 17.6 Å². The average Bonchev–Trinajstić information content (AvgIpc) is 3.21. The smallest absolute Gasteiger partial charge is 0.274 e. The van der Waals surface area contributed by atoms with E-state index < -0.39 is 0 Å². The molecule has 1 amide bonds. The predicted octanol–water partition coefficient (Wildman–Crippen LogP) is 2.50. The molecule has 4 rings (SSSR count). The van der Waals surface area contributed by atoms with Crippen molar-refractivity contribution in [1.29, 1.82) is 0 Å². The van der Waals surface area contributed by atoms with Gasteiger partial charge in [-0.1, -0.05) is 35.5 Å². The van der Waals surface area contributed by atoms with E-state index in [0.717, 1.165) is 22.6 Å². The minimum Gasteiger partial charge on any atom is -0.497 e. The molecule has 2 heterocycles. The van der Waals surface area contributed by atoms with Crippen LogP contribution in [0.15, 0.2) is 48.5 Å². The van der Waals surface area contributed by atoms with Crippen LogP contribution in [0.5, 0.6) is 11.5 Å². The van der Waals surface area contributed by atoms with Crippen molar-refractivity contribution in [2.24, 2.45) is 0 Å². The summed E-state index contributed by atoms with van der Waals surface area (Å²) in [4.78, 5) is 12.6. The molecule has 2 aromatic carbocycles. The summed E-state index contributed by atoms with van der Waals surface area (Å²) in [6.45, 7) is 1.10. The van der Waals surface area contributed by atoms with E-state index >= 15 is 0 Å². The quantitative estimate of drug-likeness (QED) is 0.691. The Labute approximate surface area is 168 Å². The molecule has 0 spiro atoms. The third kappa shape index (κ3) is 3.93. The maximum absolute atomic E-state index is 12.6. The lowest BCUT2D eigenvalue weighted by molar-refractivity contribution is -0.00179. The van der Waals surface area contributed by atoms with Crippen LogP contribution in [-0.2, 0) is 24.4 Å². The van der Waals surface area contributed by atoms with Crippen molar-refractivity contribution in [2.75, 3.05) is 14.2 Å². The number of methoxy groups -OCH3 is 2. The number of carbonyl (C=O) groups excluding carboxylic acids is 1. The highest BCUT2D eigenvalue weighted by molar-refractivity contribution is 5.93. The monoisotopic (exact) mass is 394 g/mol. The Morgan fingerprint density at radius 1 is 1.17 bits per heavy atom. The van der Waals surface area contributed by atoms with Gasteiger partial charge < -0.3 is 19.5 Å². The Kier molecular flexibility index (Phi) is 5.44. The summed E-state index contributed by atoms with van der Waals surface area (Å²) in [6, 6.07) is 15.3. The largest absolute Gasteiger partial charge is 0.497 e. The first kappa shape index (κ1) is 18.9. The number of para-hydroxylation sites is 1. The number of hydrogen-bond donors (Lipinski definition) is 1. The van der Waals surface area contributed by atoms with Gasteiger partial charge in [-0.3, -0.25) is 4.79 Å². The first-order valence-corrected chi connectivity index (χ1v) is 9.27. The second-order valence-corrected chi connectivity index (χ2v) is 6.63. The molecule has 0 fully saturated rings. The van der Waals surface area contributed by atoms with Crippen LogP contribution in [0, 0.1) is 0 Å². The number of rotatable bonds is 6. The molecule has 0 saturated heterocycles. The van der Waals surface area contributed by atoms with E-state index in [0.29, 0.717) is 18.8 Å². The molecule has 0 aliphatic carbocycles. The van der Waals surface area contributed by atoms with Crippen molar-refractivity contribution in [3.8, 4) is 11.5 Å². The van der Waals surface area contributed by atoms with Gasteiger partial charge in [-0.05, 0) is 23.8 Å². The van der Waals surface area contributed by atoms with Crippen molar-refractivity contribution in [2.45, 2.75) is 25.8 Å². The van der Waals surface area contributed by atoms with Crippen molar-refractivity contribution < 1.29 is 19.0 Å². The van der Waals surface area contributed by atoms with Crippen molar-refractivity contribution >= 4 is 5.91 Å². The maximum atomic E-state index is 12.6. The second kappa shape index (κ2) is 8.32. The number of amides is 1. The molecule has 1 unspecified atom stereocenters. The number of nitrogens with zero attached hydrogens (tertiary/aromatic N) is 3. The number of nitrogens with one attached hydrogen (secondary N) is 1. The fraction of sp³-hybridized carbons (Fsp3) is 0.286. The summed E-state index contributed by atoms with van der Waals surface area (Å²) in [5.41, 5.74) is 2.87. The summed E-state index contributed by atoms with van der Waals surface area (Å²) in [7, 11) is 3.24. The van der Waals surface area contributed by atoms with E-state index in [-0.39, 0.29) is 24.3 Å². The molecule has 1 N–H and O–H groups in total. The van der Waals surface area contributed by atoms with Crippen LogP contribution in [0.2, 0.25) is 0 Å². The number of ether oxygens (including phenoxy) is 3. The molecule has 3 aromatic rings. The zero-order valence-electron chi connectivity index (χ0n) is 16.3. The van der Waals surface area contributed by atoms with Gasteiger partial charge in [0.05, 0.1) is 33.1 Å². The van der Waals surface area contributed by atoms with Gasteiger partial charge >= 0.3 is 0 Å². The van der Waals surface area contributed by atoms with Crippen LogP contribution in [0.1, 0.15) is 33.4 Å². The molecule has 1 aromatic heterocycles. The van der Waals surface area contributed by atoms with Gasteiger partial charge in [0.25, 0.3) is 5.91 Å². The molecule has 0 bridgehead atoms.